The Hall–Kier alpha value is -1.72. The molecule has 0 amide bonds. The van der Waals surface area contributed by atoms with Crippen LogP contribution in [0.5, 0.6) is 0 Å². The van der Waals surface area contributed by atoms with Crippen LogP contribution in [0.4, 0.5) is 0 Å². The van der Waals surface area contributed by atoms with E-state index in [2.05, 4.69) is 48.5 Å². The molecule has 1 saturated heterocycles. The van der Waals surface area contributed by atoms with E-state index in [-0.39, 0.29) is 0 Å². The van der Waals surface area contributed by atoms with Crippen molar-refractivity contribution in [3.05, 3.63) is 90.5 Å². The van der Waals surface area contributed by atoms with Gasteiger partial charge in [-0.25, -0.2) is 0 Å². The number of hydrogen-bond donors (Lipinski definition) is 1. The van der Waals surface area contributed by atoms with Gasteiger partial charge in [-0.15, -0.1) is 0 Å². The smallest absolute Gasteiger partial charge is 0.106 e. The Kier molecular flexibility index (Phi) is 6.38. The molecule has 4 heteroatoms. The molecule has 1 heterocycles. The van der Waals surface area contributed by atoms with Gasteiger partial charge in [0.25, 0.3) is 0 Å². The summed E-state index contributed by atoms with van der Waals surface area (Å²) >= 11 is 0. The quantitative estimate of drug-likeness (QED) is 0.369. The molecule has 1 unspecified atom stereocenters. The van der Waals surface area contributed by atoms with Crippen molar-refractivity contribution in [3.63, 3.8) is 0 Å². The topological polar surface area (TPSA) is 38.5 Å². The SMILES string of the molecule is NSSc1ccccc1.c1ccc(-c2cccc(C3CO3)c2)cc1. The summed E-state index contributed by atoms with van der Waals surface area (Å²) in [6.45, 7) is 0.873. The van der Waals surface area contributed by atoms with E-state index in [0.717, 1.165) is 6.61 Å². The van der Waals surface area contributed by atoms with Crippen molar-refractivity contribution in [3.8, 4) is 11.1 Å². The summed E-state index contributed by atoms with van der Waals surface area (Å²) in [7, 11) is 2.84. The van der Waals surface area contributed by atoms with Crippen LogP contribution < -0.4 is 5.14 Å². The standard InChI is InChI=1S/C14H12O.C6H7NS2/c1-2-5-11(6-3-1)12-7-4-8-13(9-12)14-10-15-14;7-9-8-6-4-2-1-3-5-6/h1-9,14H,10H2;1-5H,7H2. The number of ether oxygens (including phenoxy) is 1. The van der Waals surface area contributed by atoms with Crippen LogP contribution in [0.3, 0.4) is 0 Å². The van der Waals surface area contributed by atoms with Crippen LogP contribution in [0.25, 0.3) is 11.1 Å². The summed E-state index contributed by atoms with van der Waals surface area (Å²) in [5.74, 6) is 0. The summed E-state index contributed by atoms with van der Waals surface area (Å²) in [5, 5.41) is 5.24. The van der Waals surface area contributed by atoms with E-state index >= 15 is 0 Å². The predicted molar refractivity (Wildman–Crippen MR) is 105 cm³/mol. The van der Waals surface area contributed by atoms with Crippen molar-refractivity contribution >= 4 is 21.8 Å². The van der Waals surface area contributed by atoms with Crippen molar-refractivity contribution in [1.82, 2.24) is 0 Å². The normalized spacial score (nSPS) is 15.3. The highest BCUT2D eigenvalue weighted by Gasteiger charge is 2.24. The Morgan fingerprint density at radius 1 is 0.792 bits per heavy atom. The number of epoxide rings is 1. The minimum Gasteiger partial charge on any atom is -0.368 e. The van der Waals surface area contributed by atoms with Crippen molar-refractivity contribution in [2.45, 2.75) is 11.0 Å². The Morgan fingerprint density at radius 2 is 1.42 bits per heavy atom. The monoisotopic (exact) mass is 353 g/mol. The summed E-state index contributed by atoms with van der Waals surface area (Å²) in [4.78, 5) is 1.20. The fourth-order valence-corrected chi connectivity index (χ4v) is 3.37. The molecule has 3 aromatic carbocycles. The molecule has 122 valence electrons. The summed E-state index contributed by atoms with van der Waals surface area (Å²) in [6.07, 6.45) is 0.341. The Morgan fingerprint density at radius 3 is 2.04 bits per heavy atom. The van der Waals surface area contributed by atoms with Crippen LogP contribution in [0, 0.1) is 0 Å². The van der Waals surface area contributed by atoms with Crippen LogP contribution >= 0.6 is 21.8 Å². The molecule has 0 spiro atoms. The van der Waals surface area contributed by atoms with Crippen molar-refractivity contribution < 1.29 is 4.74 Å². The third-order valence-electron chi connectivity index (χ3n) is 3.59. The second-order valence-electron chi connectivity index (χ2n) is 5.31. The Bertz CT molecular complexity index is 746. The Balaban J connectivity index is 0.000000162. The minimum absolute atomic E-state index is 0.341. The number of benzene rings is 3. The first-order chi connectivity index (χ1) is 11.9. The van der Waals surface area contributed by atoms with E-state index in [1.165, 1.54) is 32.6 Å². The second kappa shape index (κ2) is 8.94. The lowest BCUT2D eigenvalue weighted by atomic mass is 10.0. The number of rotatable bonds is 4. The predicted octanol–water partition coefficient (Wildman–Crippen LogP) is 5.73. The van der Waals surface area contributed by atoms with Gasteiger partial charge in [0, 0.05) is 4.90 Å². The lowest BCUT2D eigenvalue weighted by molar-refractivity contribution is 0.415. The lowest BCUT2D eigenvalue weighted by Gasteiger charge is -2.03. The minimum atomic E-state index is 0.341. The molecule has 2 N–H and O–H groups in total. The van der Waals surface area contributed by atoms with Gasteiger partial charge in [0.2, 0.25) is 0 Å². The molecule has 0 aliphatic carbocycles. The number of nitrogens with two attached hydrogens (primary N) is 1. The van der Waals surface area contributed by atoms with Crippen molar-refractivity contribution in [2.24, 2.45) is 5.14 Å². The molecule has 0 radical (unpaired) electrons. The van der Waals surface area contributed by atoms with E-state index in [9.17, 15) is 0 Å². The van der Waals surface area contributed by atoms with Gasteiger partial charge >= 0.3 is 0 Å². The van der Waals surface area contributed by atoms with E-state index in [4.69, 9.17) is 9.88 Å². The van der Waals surface area contributed by atoms with Crippen molar-refractivity contribution in [1.29, 1.82) is 0 Å². The summed E-state index contributed by atoms with van der Waals surface area (Å²) in [5.41, 5.74) is 3.82. The molecule has 1 atom stereocenters. The molecule has 0 bridgehead atoms. The van der Waals surface area contributed by atoms with Gasteiger partial charge < -0.3 is 4.74 Å². The van der Waals surface area contributed by atoms with Gasteiger partial charge in [0.05, 0.1) is 6.61 Å². The van der Waals surface area contributed by atoms with E-state index in [1.807, 2.05) is 36.4 Å². The van der Waals surface area contributed by atoms with Crippen molar-refractivity contribution in [2.75, 3.05) is 6.61 Å². The van der Waals surface area contributed by atoms with E-state index < -0.39 is 0 Å². The highest BCUT2D eigenvalue weighted by molar-refractivity contribution is 8.75. The summed E-state index contributed by atoms with van der Waals surface area (Å²) in [6, 6.07) is 29.1. The largest absolute Gasteiger partial charge is 0.368 e. The fraction of sp³-hybridized carbons (Fsp3) is 0.100. The van der Waals surface area contributed by atoms with E-state index in [1.54, 1.807) is 10.8 Å². The maximum Gasteiger partial charge on any atom is 0.106 e. The molecule has 2 nitrogen and oxygen atoms in total. The Labute approximate surface area is 151 Å². The average molecular weight is 354 g/mol. The third-order valence-corrected chi connectivity index (χ3v) is 5.01. The molecular formula is C20H19NOS2. The maximum atomic E-state index is 5.29. The van der Waals surface area contributed by atoms with Crippen LogP contribution in [-0.2, 0) is 4.74 Å². The zero-order chi connectivity index (χ0) is 16.6. The van der Waals surface area contributed by atoms with Gasteiger partial charge in [0.15, 0.2) is 0 Å². The first kappa shape index (κ1) is 17.1. The molecule has 0 saturated carbocycles. The molecule has 0 aromatic heterocycles. The molecular weight excluding hydrogens is 334 g/mol. The zero-order valence-corrected chi connectivity index (χ0v) is 14.8. The van der Waals surface area contributed by atoms with Gasteiger partial charge in [-0.1, -0.05) is 66.7 Å². The molecule has 1 fully saturated rings. The molecule has 1 aliphatic heterocycles. The molecule has 24 heavy (non-hydrogen) atoms. The molecule has 4 rings (SSSR count). The van der Waals surface area contributed by atoms with Crippen LogP contribution in [0.2, 0.25) is 0 Å². The molecule has 1 aliphatic rings. The zero-order valence-electron chi connectivity index (χ0n) is 13.2. The maximum absolute atomic E-state index is 5.29. The summed E-state index contributed by atoms with van der Waals surface area (Å²) < 4.78 is 5.29. The highest BCUT2D eigenvalue weighted by Crippen LogP contribution is 2.32. The second-order valence-corrected chi connectivity index (χ2v) is 7.21. The van der Waals surface area contributed by atoms with E-state index in [0.29, 0.717) is 6.10 Å². The van der Waals surface area contributed by atoms with Gasteiger partial charge in [0.1, 0.15) is 6.10 Å². The van der Waals surface area contributed by atoms with Crippen LogP contribution in [0.1, 0.15) is 11.7 Å². The first-order valence-electron chi connectivity index (χ1n) is 7.72. The average Bonchev–Trinajstić information content (AvgIpc) is 3.50. The van der Waals surface area contributed by atoms with Gasteiger partial charge in [-0.2, -0.15) is 0 Å². The lowest BCUT2D eigenvalue weighted by Crippen LogP contribution is -1.82. The third kappa shape index (κ3) is 5.14. The van der Waals surface area contributed by atoms with Gasteiger partial charge in [-0.05, 0) is 56.7 Å². The van der Waals surface area contributed by atoms with Gasteiger partial charge in [-0.3, -0.25) is 5.14 Å². The van der Waals surface area contributed by atoms with Crippen LogP contribution in [-0.4, -0.2) is 6.61 Å². The molecule has 3 aromatic rings. The highest BCUT2D eigenvalue weighted by atomic mass is 33.1. The fourth-order valence-electron chi connectivity index (χ4n) is 2.32. The number of hydrogen-bond acceptors (Lipinski definition) is 4. The van der Waals surface area contributed by atoms with Crippen LogP contribution in [0.15, 0.2) is 89.8 Å². The first-order valence-corrected chi connectivity index (χ1v) is 9.93.